The summed E-state index contributed by atoms with van der Waals surface area (Å²) in [7, 11) is -0.333. The molecule has 0 amide bonds. The van der Waals surface area contributed by atoms with Crippen molar-refractivity contribution in [2.24, 2.45) is 0 Å². The van der Waals surface area contributed by atoms with Gasteiger partial charge in [0.2, 0.25) is 0 Å². The van der Waals surface area contributed by atoms with Crippen LogP contribution in [0.4, 0.5) is 38.5 Å². The van der Waals surface area contributed by atoms with Crippen molar-refractivity contribution < 1.29 is 4.39 Å². The number of anilines is 6. The van der Waals surface area contributed by atoms with Crippen LogP contribution >= 0.6 is 0 Å². The van der Waals surface area contributed by atoms with Gasteiger partial charge in [0.05, 0.1) is 21.9 Å². The average Bonchev–Trinajstić information content (AvgIpc) is 3.62. The Balaban J connectivity index is 1.15. The van der Waals surface area contributed by atoms with Crippen LogP contribution in [-0.2, 0) is 10.9 Å². The quantitative estimate of drug-likeness (QED) is 0.128. The van der Waals surface area contributed by atoms with Crippen LogP contribution < -0.4 is 9.80 Å². The predicted molar refractivity (Wildman–Crippen MR) is 245 cm³/mol. The molecule has 0 fully saturated rings. The molecule has 0 aliphatic heterocycles. The number of fused-ring (bicyclic) bond motifs is 3. The number of hydrogen-bond donors (Lipinski definition) is 0. The van der Waals surface area contributed by atoms with Gasteiger partial charge in [-0.2, -0.15) is 0 Å². The Kier molecular flexibility index (Phi) is 9.71. The highest BCUT2D eigenvalue weighted by molar-refractivity contribution is 7.97. The first-order valence-electron chi connectivity index (χ1n) is 19.7. The van der Waals surface area contributed by atoms with Gasteiger partial charge in [-0.05, 0) is 140 Å². The second kappa shape index (κ2) is 15.9. The van der Waals surface area contributed by atoms with Gasteiger partial charge in [-0.3, -0.25) is 0 Å². The van der Waals surface area contributed by atoms with Gasteiger partial charge in [0, 0.05) is 56.7 Å². The third-order valence-electron chi connectivity index (χ3n) is 10.7. The molecule has 10 rings (SSSR count). The number of hydrogen-bond acceptors (Lipinski definition) is 2. The minimum Gasteiger partial charge on any atom is -0.311 e. The summed E-state index contributed by atoms with van der Waals surface area (Å²) in [4.78, 5) is 8.36. The van der Waals surface area contributed by atoms with E-state index in [1.807, 2.05) is 24.3 Å². The first-order valence-corrected chi connectivity index (χ1v) is 21.0. The Bertz CT molecular complexity index is 2900. The maximum absolute atomic E-state index is 14.3. The highest BCUT2D eigenvalue weighted by Gasteiger charge is 2.30. The fourth-order valence-electron chi connectivity index (χ4n) is 8.02. The van der Waals surface area contributed by atoms with Gasteiger partial charge >= 0.3 is 0 Å². The summed E-state index contributed by atoms with van der Waals surface area (Å²) >= 11 is 0. The van der Waals surface area contributed by atoms with Crippen LogP contribution in [0.1, 0.15) is 0 Å². The van der Waals surface area contributed by atoms with Crippen molar-refractivity contribution in [1.82, 2.24) is 4.57 Å². The Morgan fingerprint density at radius 3 is 1.17 bits per heavy atom. The molecule has 0 saturated carbocycles. The van der Waals surface area contributed by atoms with E-state index in [2.05, 4.69) is 215 Å². The molecule has 0 aliphatic rings. The molecular weight excluding hydrogens is 742 g/mol. The Labute approximate surface area is 346 Å². The summed E-state index contributed by atoms with van der Waals surface area (Å²) in [5.41, 5.74) is 9.41. The molecule has 0 saturated heterocycles. The van der Waals surface area contributed by atoms with E-state index < -0.39 is 0 Å². The zero-order chi connectivity index (χ0) is 39.5. The third-order valence-corrected chi connectivity index (χ3v) is 12.9. The highest BCUT2D eigenvalue weighted by Crippen LogP contribution is 2.43. The Morgan fingerprint density at radius 2 is 0.695 bits per heavy atom. The summed E-state index contributed by atoms with van der Waals surface area (Å²) in [6.45, 7) is 0. The Morgan fingerprint density at radius 1 is 0.322 bits per heavy atom. The van der Waals surface area contributed by atoms with Gasteiger partial charge in [0.15, 0.2) is 14.7 Å². The molecule has 0 N–H and O–H groups in total. The van der Waals surface area contributed by atoms with Gasteiger partial charge in [0.25, 0.3) is 0 Å². The molecule has 0 atom stereocenters. The van der Waals surface area contributed by atoms with Crippen LogP contribution in [0.5, 0.6) is 0 Å². The number of para-hydroxylation sites is 3. The summed E-state index contributed by atoms with van der Waals surface area (Å²) in [5, 5.41) is 2.25. The summed E-state index contributed by atoms with van der Waals surface area (Å²) in [6, 6.07) is 82.2. The lowest BCUT2D eigenvalue weighted by atomic mass is 10.1. The molecule has 1 aromatic heterocycles. The van der Waals surface area contributed by atoms with Crippen molar-refractivity contribution in [3.63, 3.8) is 0 Å². The van der Waals surface area contributed by atoms with Gasteiger partial charge in [-0.15, -0.1) is 0 Å². The van der Waals surface area contributed by atoms with Crippen LogP contribution in [0.25, 0.3) is 27.5 Å². The molecule has 59 heavy (non-hydrogen) atoms. The molecule has 3 nitrogen and oxygen atoms in total. The van der Waals surface area contributed by atoms with Gasteiger partial charge < -0.3 is 14.4 Å². The first kappa shape index (κ1) is 36.0. The van der Waals surface area contributed by atoms with E-state index in [0.717, 1.165) is 61.6 Å². The van der Waals surface area contributed by atoms with E-state index in [1.165, 1.54) is 26.8 Å². The lowest BCUT2D eigenvalue weighted by molar-refractivity contribution is 0.627. The van der Waals surface area contributed by atoms with Crippen LogP contribution in [0.2, 0.25) is 0 Å². The monoisotopic (exact) mass is 780 g/mol. The zero-order valence-electron chi connectivity index (χ0n) is 32.1. The molecule has 0 aliphatic carbocycles. The molecule has 5 heteroatoms. The average molecular weight is 781 g/mol. The lowest BCUT2D eigenvalue weighted by Gasteiger charge is -2.28. The van der Waals surface area contributed by atoms with Crippen LogP contribution in [0.3, 0.4) is 0 Å². The van der Waals surface area contributed by atoms with Crippen molar-refractivity contribution in [2.75, 3.05) is 9.80 Å². The molecular formula is C54H39FN3S+. The summed E-state index contributed by atoms with van der Waals surface area (Å²) in [5.74, 6) is -0.256. The summed E-state index contributed by atoms with van der Waals surface area (Å²) < 4.78 is 16.6. The van der Waals surface area contributed by atoms with Crippen molar-refractivity contribution >= 4 is 66.8 Å². The zero-order valence-corrected chi connectivity index (χ0v) is 33.0. The van der Waals surface area contributed by atoms with E-state index in [0.29, 0.717) is 0 Å². The topological polar surface area (TPSA) is 11.4 Å². The van der Waals surface area contributed by atoms with E-state index in [9.17, 15) is 4.39 Å². The maximum atomic E-state index is 14.3. The molecule has 10 aromatic rings. The number of aromatic nitrogens is 1. The maximum Gasteiger partial charge on any atom is 0.167 e. The third kappa shape index (κ3) is 7.03. The number of nitrogens with zero attached hydrogens (tertiary/aromatic N) is 3. The van der Waals surface area contributed by atoms with Crippen molar-refractivity contribution in [2.45, 2.75) is 14.7 Å². The largest absolute Gasteiger partial charge is 0.311 e. The number of halogens is 1. The second-order valence-corrected chi connectivity index (χ2v) is 16.3. The second-order valence-electron chi connectivity index (χ2n) is 14.3. The van der Waals surface area contributed by atoms with Crippen molar-refractivity contribution in [3.05, 3.63) is 242 Å². The van der Waals surface area contributed by atoms with Crippen LogP contribution in [0.15, 0.2) is 251 Å². The minimum atomic E-state index is -0.333. The van der Waals surface area contributed by atoms with Gasteiger partial charge in [-0.1, -0.05) is 91.0 Å². The molecule has 0 unspecified atom stereocenters. The van der Waals surface area contributed by atoms with Crippen LogP contribution in [-0.4, -0.2) is 4.57 Å². The van der Waals surface area contributed by atoms with Crippen molar-refractivity contribution in [3.8, 4) is 5.69 Å². The van der Waals surface area contributed by atoms with E-state index in [4.69, 9.17) is 0 Å². The standard InChI is InChI=1S/C54H39FN3S/c55-40-26-28-46(29-27-40)58-53-36-34-47(38-51(53)52-39-50(35-37-54(52)58)59(48-22-12-4-13-23-48)49-24-14-5-15-25-49)57(43-20-10-3-11-21-43)45-32-30-44(31-33-45)56(41-16-6-1-7-17-41)42-18-8-2-9-19-42/h1-39H/q+1. The highest BCUT2D eigenvalue weighted by atomic mass is 32.2. The fraction of sp³-hybridized carbons (Fsp3) is 0. The van der Waals surface area contributed by atoms with Crippen LogP contribution in [0, 0.1) is 5.82 Å². The number of rotatable bonds is 10. The molecule has 0 spiro atoms. The molecule has 282 valence electrons. The van der Waals surface area contributed by atoms with Gasteiger partial charge in [0.1, 0.15) is 5.82 Å². The van der Waals surface area contributed by atoms with Gasteiger partial charge in [-0.25, -0.2) is 4.39 Å². The predicted octanol–water partition coefficient (Wildman–Crippen LogP) is 15.0. The first-order chi connectivity index (χ1) is 29.2. The summed E-state index contributed by atoms with van der Waals surface area (Å²) in [6.07, 6.45) is 0. The van der Waals surface area contributed by atoms with E-state index >= 15 is 0 Å². The molecule has 9 aromatic carbocycles. The normalized spacial score (nSPS) is 11.3. The van der Waals surface area contributed by atoms with E-state index in [1.54, 1.807) is 0 Å². The fourth-order valence-corrected chi connectivity index (χ4v) is 10.1. The molecule has 0 bridgehead atoms. The lowest BCUT2D eigenvalue weighted by Crippen LogP contribution is -2.12. The minimum absolute atomic E-state index is 0.256. The molecule has 0 radical (unpaired) electrons. The Hall–Kier alpha value is -7.34. The molecule has 1 heterocycles. The van der Waals surface area contributed by atoms with E-state index in [-0.39, 0.29) is 16.7 Å². The van der Waals surface area contributed by atoms with Crippen molar-refractivity contribution in [1.29, 1.82) is 0 Å². The smallest absolute Gasteiger partial charge is 0.167 e. The number of benzene rings is 9. The SMILES string of the molecule is Fc1ccc(-n2c3ccc(N(c4ccccc4)c4ccc(N(c5ccccc5)c5ccccc5)cc4)cc3c3cc([S+](c4ccccc4)c4ccccc4)ccc32)cc1.